The molecule has 1 fully saturated rings. The van der Waals surface area contributed by atoms with Crippen LogP contribution in [0.1, 0.15) is 6.42 Å². The van der Waals surface area contributed by atoms with Gasteiger partial charge in [-0.1, -0.05) is 41.7 Å². The highest BCUT2D eigenvalue weighted by Gasteiger charge is 2.20. The van der Waals surface area contributed by atoms with Crippen molar-refractivity contribution in [1.82, 2.24) is 14.9 Å². The SMILES string of the molecule is CN1CCCN(c2nc(-c3ccccc3)c(-c3ccncc3)s2)CC1. The van der Waals surface area contributed by atoms with Gasteiger partial charge in [0.25, 0.3) is 0 Å². The van der Waals surface area contributed by atoms with E-state index in [0.29, 0.717) is 0 Å². The molecular weight excluding hydrogens is 328 g/mol. The van der Waals surface area contributed by atoms with E-state index < -0.39 is 0 Å². The molecule has 1 aliphatic heterocycles. The average Bonchev–Trinajstić information content (AvgIpc) is 3.00. The molecule has 0 bridgehead atoms. The van der Waals surface area contributed by atoms with Gasteiger partial charge in [-0.3, -0.25) is 4.98 Å². The number of likely N-dealkylation sites (N-methyl/N-ethyl adjacent to an activating group) is 1. The predicted molar refractivity (Wildman–Crippen MR) is 105 cm³/mol. The molecule has 0 N–H and O–H groups in total. The normalized spacial score (nSPS) is 16.0. The van der Waals surface area contributed by atoms with Crippen molar-refractivity contribution in [2.75, 3.05) is 38.1 Å². The molecule has 0 unspecified atom stereocenters. The number of aromatic nitrogens is 2. The fraction of sp³-hybridized carbons (Fsp3) is 0.300. The maximum atomic E-state index is 5.05. The lowest BCUT2D eigenvalue weighted by Gasteiger charge is -2.19. The third-order valence-electron chi connectivity index (χ3n) is 4.60. The summed E-state index contributed by atoms with van der Waals surface area (Å²) < 4.78 is 0. The third-order valence-corrected chi connectivity index (χ3v) is 5.76. The zero-order valence-corrected chi connectivity index (χ0v) is 15.2. The van der Waals surface area contributed by atoms with Crippen molar-refractivity contribution in [1.29, 1.82) is 0 Å². The van der Waals surface area contributed by atoms with Gasteiger partial charge in [0.1, 0.15) is 0 Å². The van der Waals surface area contributed by atoms with Crippen molar-refractivity contribution in [2.45, 2.75) is 6.42 Å². The van der Waals surface area contributed by atoms with Crippen LogP contribution in [-0.4, -0.2) is 48.1 Å². The lowest BCUT2D eigenvalue weighted by atomic mass is 10.1. The summed E-state index contributed by atoms with van der Waals surface area (Å²) in [6.07, 6.45) is 4.89. The van der Waals surface area contributed by atoms with Gasteiger partial charge in [0.15, 0.2) is 5.13 Å². The van der Waals surface area contributed by atoms with Gasteiger partial charge in [-0.15, -0.1) is 0 Å². The molecule has 0 saturated carbocycles. The smallest absolute Gasteiger partial charge is 0.186 e. The van der Waals surface area contributed by atoms with Gasteiger partial charge in [-0.05, 0) is 37.7 Å². The Hall–Kier alpha value is -2.24. The minimum absolute atomic E-state index is 1.04. The number of hydrogen-bond acceptors (Lipinski definition) is 5. The fourth-order valence-electron chi connectivity index (χ4n) is 3.17. The maximum absolute atomic E-state index is 5.05. The minimum atomic E-state index is 1.04. The Morgan fingerprint density at radius 3 is 2.48 bits per heavy atom. The van der Waals surface area contributed by atoms with Crippen molar-refractivity contribution in [2.24, 2.45) is 0 Å². The summed E-state index contributed by atoms with van der Waals surface area (Å²) in [6, 6.07) is 14.6. The van der Waals surface area contributed by atoms with Crippen molar-refractivity contribution in [3.05, 3.63) is 54.9 Å². The van der Waals surface area contributed by atoms with Crippen LogP contribution in [0, 0.1) is 0 Å². The summed E-state index contributed by atoms with van der Waals surface area (Å²) in [6.45, 7) is 4.35. The molecule has 3 heterocycles. The van der Waals surface area contributed by atoms with Crippen molar-refractivity contribution < 1.29 is 0 Å². The molecule has 4 nitrogen and oxygen atoms in total. The van der Waals surface area contributed by atoms with Gasteiger partial charge in [0.05, 0.1) is 10.6 Å². The second-order valence-electron chi connectivity index (χ2n) is 6.42. The number of hydrogen-bond donors (Lipinski definition) is 0. The first-order valence-corrected chi connectivity index (χ1v) is 9.53. The molecule has 5 heteroatoms. The zero-order chi connectivity index (χ0) is 17.1. The summed E-state index contributed by atoms with van der Waals surface area (Å²) in [5, 5.41) is 1.13. The van der Waals surface area contributed by atoms with Crippen LogP contribution in [0.3, 0.4) is 0 Å². The van der Waals surface area contributed by atoms with Crippen LogP contribution in [0.5, 0.6) is 0 Å². The van der Waals surface area contributed by atoms with Crippen LogP contribution < -0.4 is 4.90 Å². The van der Waals surface area contributed by atoms with E-state index in [9.17, 15) is 0 Å². The summed E-state index contributed by atoms with van der Waals surface area (Å²) in [5.74, 6) is 0. The number of thiazole rings is 1. The summed E-state index contributed by atoms with van der Waals surface area (Å²) in [7, 11) is 2.20. The molecule has 25 heavy (non-hydrogen) atoms. The Morgan fingerprint density at radius 1 is 0.880 bits per heavy atom. The predicted octanol–water partition coefficient (Wildman–Crippen LogP) is 4.01. The first-order valence-electron chi connectivity index (χ1n) is 8.71. The Bertz CT molecular complexity index is 759. The van der Waals surface area contributed by atoms with Crippen molar-refractivity contribution >= 4 is 16.5 Å². The van der Waals surface area contributed by atoms with E-state index in [1.165, 1.54) is 22.4 Å². The number of nitrogens with zero attached hydrogens (tertiary/aromatic N) is 4. The third kappa shape index (κ3) is 3.57. The fourth-order valence-corrected chi connectivity index (χ4v) is 4.32. The van der Waals surface area contributed by atoms with Gasteiger partial charge >= 0.3 is 0 Å². The van der Waals surface area contributed by atoms with Crippen molar-refractivity contribution in [3.8, 4) is 21.7 Å². The van der Waals surface area contributed by atoms with Crippen LogP contribution in [0.25, 0.3) is 21.7 Å². The Balaban J connectivity index is 1.76. The summed E-state index contributed by atoms with van der Waals surface area (Å²) >= 11 is 1.79. The topological polar surface area (TPSA) is 32.3 Å². The molecule has 4 rings (SSSR count). The highest BCUT2D eigenvalue weighted by Crippen LogP contribution is 2.40. The summed E-state index contributed by atoms with van der Waals surface area (Å²) in [4.78, 5) is 15.3. The highest BCUT2D eigenvalue weighted by atomic mass is 32.1. The largest absolute Gasteiger partial charge is 0.347 e. The van der Waals surface area contributed by atoms with Crippen LogP contribution in [0.4, 0.5) is 5.13 Å². The Kier molecular flexibility index (Phi) is 4.76. The van der Waals surface area contributed by atoms with Gasteiger partial charge in [-0.2, -0.15) is 0 Å². The Labute approximate surface area is 152 Å². The number of rotatable bonds is 3. The standard InChI is InChI=1S/C20H22N4S/c1-23-12-5-13-24(15-14-23)20-22-18(16-6-3-2-4-7-16)19(25-20)17-8-10-21-11-9-17/h2-4,6-11H,5,12-15H2,1H3. The number of pyridine rings is 1. The van der Waals surface area contributed by atoms with E-state index in [1.807, 2.05) is 18.5 Å². The Morgan fingerprint density at radius 2 is 1.68 bits per heavy atom. The molecule has 2 aromatic heterocycles. The second kappa shape index (κ2) is 7.33. The molecule has 0 radical (unpaired) electrons. The van der Waals surface area contributed by atoms with Crippen LogP contribution in [-0.2, 0) is 0 Å². The lowest BCUT2D eigenvalue weighted by Crippen LogP contribution is -2.28. The molecule has 128 valence electrons. The van der Waals surface area contributed by atoms with Gasteiger partial charge in [0.2, 0.25) is 0 Å². The monoisotopic (exact) mass is 350 g/mol. The van der Waals surface area contributed by atoms with Gasteiger partial charge in [0, 0.05) is 37.6 Å². The number of anilines is 1. The minimum Gasteiger partial charge on any atom is -0.347 e. The lowest BCUT2D eigenvalue weighted by molar-refractivity contribution is 0.360. The molecule has 3 aromatic rings. The molecule has 1 saturated heterocycles. The average molecular weight is 350 g/mol. The van der Waals surface area contributed by atoms with Crippen molar-refractivity contribution in [3.63, 3.8) is 0 Å². The highest BCUT2D eigenvalue weighted by molar-refractivity contribution is 7.19. The first-order chi connectivity index (χ1) is 12.3. The van der Waals surface area contributed by atoms with E-state index in [-0.39, 0.29) is 0 Å². The quantitative estimate of drug-likeness (QED) is 0.714. The van der Waals surface area contributed by atoms with E-state index in [0.717, 1.165) is 37.0 Å². The first kappa shape index (κ1) is 16.2. The summed E-state index contributed by atoms with van der Waals surface area (Å²) in [5.41, 5.74) is 3.43. The molecule has 0 amide bonds. The molecule has 1 aromatic carbocycles. The van der Waals surface area contributed by atoms with E-state index in [4.69, 9.17) is 4.98 Å². The van der Waals surface area contributed by atoms with Crippen LogP contribution in [0.2, 0.25) is 0 Å². The number of benzene rings is 1. The second-order valence-corrected chi connectivity index (χ2v) is 7.40. The van der Waals surface area contributed by atoms with E-state index in [1.54, 1.807) is 11.3 Å². The molecule has 0 spiro atoms. The molecule has 0 aliphatic carbocycles. The zero-order valence-electron chi connectivity index (χ0n) is 14.4. The van der Waals surface area contributed by atoms with E-state index in [2.05, 4.69) is 58.2 Å². The van der Waals surface area contributed by atoms with E-state index >= 15 is 0 Å². The van der Waals surface area contributed by atoms with Gasteiger partial charge in [-0.25, -0.2) is 4.98 Å². The molecular formula is C20H22N4S. The van der Waals surface area contributed by atoms with Gasteiger partial charge < -0.3 is 9.80 Å². The van der Waals surface area contributed by atoms with Crippen LogP contribution in [0.15, 0.2) is 54.9 Å². The molecule has 0 atom stereocenters. The maximum Gasteiger partial charge on any atom is 0.186 e. The molecule has 1 aliphatic rings. The van der Waals surface area contributed by atoms with Crippen LogP contribution >= 0.6 is 11.3 Å².